The molecule has 0 unspecified atom stereocenters. The van der Waals surface area contributed by atoms with E-state index in [4.69, 9.17) is 92.5 Å². The predicted molar refractivity (Wildman–Crippen MR) is 344 cm³/mol. The van der Waals surface area contributed by atoms with E-state index in [1.165, 1.54) is 0 Å². The molecule has 0 saturated carbocycles. The minimum Gasteiger partial charge on any atom is -0.491 e. The molecule has 0 aliphatic carbocycles. The number of rotatable bonds is 36. The Morgan fingerprint density at radius 1 is 0.261 bits per heavy atom. The fraction of sp³-hybridized carbons (Fsp3) is 0.278. The summed E-state index contributed by atoms with van der Waals surface area (Å²) >= 11 is 0. The zero-order valence-electron chi connectivity index (χ0n) is 49.1. The first-order valence-electron chi connectivity index (χ1n) is 29.0. The summed E-state index contributed by atoms with van der Waals surface area (Å²) in [4.78, 5) is 18.7. The summed E-state index contributed by atoms with van der Waals surface area (Å²) in [6.07, 6.45) is 29.4. The molecule has 7 aromatic rings. The van der Waals surface area contributed by atoms with Crippen molar-refractivity contribution >= 4 is 46.4 Å². The number of aromatic amines is 2. The van der Waals surface area contributed by atoms with Crippen LogP contribution in [-0.4, -0.2) is 152 Å². The monoisotopic (exact) mass is 1180 g/mol. The average molecular weight is 1180 g/mol. The third-order valence-electron chi connectivity index (χ3n) is 13.5. The molecule has 5 heterocycles. The molecule has 0 atom stereocenters. The number of aromatic nitrogens is 4. The van der Waals surface area contributed by atoms with Gasteiger partial charge in [0.2, 0.25) is 0 Å². The summed E-state index contributed by atoms with van der Waals surface area (Å²) in [6, 6.07) is 40.4. The lowest BCUT2D eigenvalue weighted by atomic mass is 10.0. The Balaban J connectivity index is 1.13. The Morgan fingerprint density at radius 2 is 0.466 bits per heavy atom. The van der Waals surface area contributed by atoms with Crippen LogP contribution in [0.4, 0.5) is 0 Å². The zero-order chi connectivity index (χ0) is 60.8. The molecule has 0 amide bonds. The van der Waals surface area contributed by atoms with Crippen LogP contribution in [0.3, 0.4) is 0 Å². The van der Waals surface area contributed by atoms with Gasteiger partial charge < -0.3 is 66.8 Å². The minimum absolute atomic E-state index is 0.247. The van der Waals surface area contributed by atoms with Gasteiger partial charge in [0.15, 0.2) is 0 Å². The second kappa shape index (κ2) is 34.7. The molecule has 0 spiro atoms. The maximum absolute atomic E-state index is 6.12. The standard InChI is InChI=1S/C72H70N4O12/c1-5-33-77-37-41-81-45-49-85-57-17-9-53(10-18-57)69-61-25-27-63(73-61)70(54-11-19-58(20-12-54)86-50-46-82-42-38-78-34-6-2)65-29-31-67(75-65)72(56-15-23-60(24-16-56)88-52-48-84-44-40-80-36-8-4)68-32-30-66(76-68)71(64-28-26-62(69)74-64)55-13-21-59(22-14-55)87-51-47-83-43-39-79-35-7-3/h1-4,9-32,73,76H,33-52H2. The van der Waals surface area contributed by atoms with Gasteiger partial charge in [0.25, 0.3) is 0 Å². The SMILES string of the molecule is C#CCOCCOCCOc1ccc(-c2c3nc(c(-c4ccc(OCCOCCOCC#C)cc4)c4ccc([nH]4)c(-c4ccc(OCCOCCOCC#C)cc4)c4nc(c(-c5ccc(OCCOCCOCC#C)cc5)c5ccc2[nH]5)C=C4)C=C3)cc1. The first-order chi connectivity index (χ1) is 43.5. The Kier molecular flexibility index (Phi) is 24.9. The summed E-state index contributed by atoms with van der Waals surface area (Å²) in [5.74, 6) is 12.6. The highest BCUT2D eigenvalue weighted by atomic mass is 16.6. The number of ether oxygens (including phenoxy) is 12. The van der Waals surface area contributed by atoms with Crippen LogP contribution in [0, 0.1) is 49.4 Å². The second-order valence-corrected chi connectivity index (χ2v) is 19.5. The molecule has 8 bridgehead atoms. The highest BCUT2D eigenvalue weighted by molar-refractivity contribution is 6.00. The van der Waals surface area contributed by atoms with Crippen molar-refractivity contribution in [2.24, 2.45) is 0 Å². The van der Waals surface area contributed by atoms with E-state index in [-0.39, 0.29) is 26.4 Å². The van der Waals surface area contributed by atoms with E-state index in [1.54, 1.807) is 0 Å². The molecular formula is C72H70N4O12. The van der Waals surface area contributed by atoms with Crippen molar-refractivity contribution < 1.29 is 56.8 Å². The highest BCUT2D eigenvalue weighted by Gasteiger charge is 2.20. The Bertz CT molecular complexity index is 3280. The molecule has 0 radical (unpaired) electrons. The molecule has 16 nitrogen and oxygen atoms in total. The summed E-state index contributed by atoms with van der Waals surface area (Å²) in [5.41, 5.74) is 13.4. The summed E-state index contributed by atoms with van der Waals surface area (Å²) < 4.78 is 68.5. The number of nitrogens with zero attached hydrogens (tertiary/aromatic N) is 2. The first kappa shape index (κ1) is 63.1. The van der Waals surface area contributed by atoms with E-state index < -0.39 is 0 Å². The van der Waals surface area contributed by atoms with Crippen molar-refractivity contribution in [3.05, 3.63) is 144 Å². The Hall–Kier alpha value is -9.40. The van der Waals surface area contributed by atoms with Crippen LogP contribution < -0.4 is 18.9 Å². The molecule has 4 aromatic carbocycles. The van der Waals surface area contributed by atoms with Gasteiger partial charge >= 0.3 is 0 Å². The van der Waals surface area contributed by atoms with Crippen molar-refractivity contribution in [3.8, 4) is 117 Å². The van der Waals surface area contributed by atoms with Crippen LogP contribution in [0.5, 0.6) is 23.0 Å². The van der Waals surface area contributed by atoms with E-state index in [2.05, 4.69) is 82.2 Å². The van der Waals surface area contributed by atoms with Gasteiger partial charge in [-0.3, -0.25) is 0 Å². The molecule has 16 heteroatoms. The molecule has 88 heavy (non-hydrogen) atoms. The zero-order valence-corrected chi connectivity index (χ0v) is 49.1. The molecule has 450 valence electrons. The van der Waals surface area contributed by atoms with Crippen LogP contribution in [-0.2, 0) is 37.9 Å². The summed E-state index contributed by atoms with van der Waals surface area (Å²) in [5, 5.41) is 0. The number of fused-ring (bicyclic) bond motifs is 8. The second-order valence-electron chi connectivity index (χ2n) is 19.5. The predicted octanol–water partition coefficient (Wildman–Crippen LogP) is 11.5. The van der Waals surface area contributed by atoms with Gasteiger partial charge in [-0.15, -0.1) is 25.7 Å². The van der Waals surface area contributed by atoms with Gasteiger partial charge in [0.05, 0.1) is 102 Å². The van der Waals surface area contributed by atoms with Crippen molar-refractivity contribution in [1.82, 2.24) is 19.9 Å². The maximum Gasteiger partial charge on any atom is 0.119 e. The van der Waals surface area contributed by atoms with Crippen LogP contribution in [0.1, 0.15) is 22.8 Å². The maximum atomic E-state index is 6.12. The number of hydrogen-bond acceptors (Lipinski definition) is 14. The summed E-state index contributed by atoms with van der Waals surface area (Å²) in [7, 11) is 0. The van der Waals surface area contributed by atoms with Crippen molar-refractivity contribution in [2.75, 3.05) is 132 Å². The van der Waals surface area contributed by atoms with Crippen LogP contribution in [0.15, 0.2) is 121 Å². The molecular weight excluding hydrogens is 1110 g/mol. The molecule has 3 aromatic heterocycles. The molecule has 2 N–H and O–H groups in total. The van der Waals surface area contributed by atoms with Crippen molar-refractivity contribution in [3.63, 3.8) is 0 Å². The molecule has 0 saturated heterocycles. The fourth-order valence-electron chi connectivity index (χ4n) is 9.57. The Morgan fingerprint density at radius 3 is 0.682 bits per heavy atom. The van der Waals surface area contributed by atoms with Crippen LogP contribution in [0.2, 0.25) is 0 Å². The quantitative estimate of drug-likeness (QED) is 0.0281. The third-order valence-corrected chi connectivity index (χ3v) is 13.5. The lowest BCUT2D eigenvalue weighted by Crippen LogP contribution is -2.10. The van der Waals surface area contributed by atoms with Gasteiger partial charge in [0.1, 0.15) is 75.9 Å². The summed E-state index contributed by atoms with van der Waals surface area (Å²) in [6.45, 7) is 7.28. The van der Waals surface area contributed by atoms with Gasteiger partial charge in [-0.05, 0) is 119 Å². The molecule has 9 rings (SSSR count). The van der Waals surface area contributed by atoms with Crippen molar-refractivity contribution in [1.29, 1.82) is 0 Å². The van der Waals surface area contributed by atoms with E-state index in [9.17, 15) is 0 Å². The van der Waals surface area contributed by atoms with Crippen LogP contribution >= 0.6 is 0 Å². The lowest BCUT2D eigenvalue weighted by Gasteiger charge is -2.10. The van der Waals surface area contributed by atoms with Crippen molar-refractivity contribution in [2.45, 2.75) is 0 Å². The van der Waals surface area contributed by atoms with E-state index >= 15 is 0 Å². The smallest absolute Gasteiger partial charge is 0.119 e. The van der Waals surface area contributed by atoms with Gasteiger partial charge in [-0.2, -0.15) is 0 Å². The highest BCUT2D eigenvalue weighted by Crippen LogP contribution is 2.39. The number of terminal acetylenes is 4. The normalized spacial score (nSPS) is 11.4. The topological polar surface area (TPSA) is 168 Å². The largest absolute Gasteiger partial charge is 0.491 e. The fourth-order valence-corrected chi connectivity index (χ4v) is 9.57. The van der Waals surface area contributed by atoms with Gasteiger partial charge in [-0.1, -0.05) is 72.2 Å². The molecule has 0 fully saturated rings. The number of benzene rings is 4. The van der Waals surface area contributed by atoms with E-state index in [0.29, 0.717) is 129 Å². The minimum atomic E-state index is 0.247. The lowest BCUT2D eigenvalue weighted by molar-refractivity contribution is 0.0462. The number of H-pyrrole nitrogens is 2. The molecule has 2 aliphatic rings. The third kappa shape index (κ3) is 18.3. The first-order valence-corrected chi connectivity index (χ1v) is 29.0. The van der Waals surface area contributed by atoms with E-state index in [0.717, 1.165) is 89.4 Å². The van der Waals surface area contributed by atoms with E-state index in [1.807, 2.05) is 97.1 Å². The number of hydrogen-bond donors (Lipinski definition) is 2. The van der Waals surface area contributed by atoms with Crippen LogP contribution in [0.25, 0.3) is 90.9 Å². The number of nitrogens with one attached hydrogen (secondary N) is 2. The average Bonchev–Trinajstić information content (AvgIpc) is 1.87. The Labute approximate surface area is 514 Å². The van der Waals surface area contributed by atoms with Gasteiger partial charge in [-0.25, -0.2) is 9.97 Å². The molecule has 2 aliphatic heterocycles. The van der Waals surface area contributed by atoms with Gasteiger partial charge in [0, 0.05) is 44.3 Å².